The predicted molar refractivity (Wildman–Crippen MR) is 112 cm³/mol. The van der Waals surface area contributed by atoms with E-state index in [1.807, 2.05) is 0 Å². The van der Waals surface area contributed by atoms with Gasteiger partial charge in [0.05, 0.1) is 16.6 Å². The van der Waals surface area contributed by atoms with Crippen LogP contribution in [0.5, 0.6) is 0 Å². The second-order valence-electron chi connectivity index (χ2n) is 8.30. The summed E-state index contributed by atoms with van der Waals surface area (Å²) >= 11 is 0. The minimum Gasteiger partial charge on any atom is -0.477 e. The zero-order valence-electron chi connectivity index (χ0n) is 16.2. The predicted octanol–water partition coefficient (Wildman–Crippen LogP) is 2.51. The van der Waals surface area contributed by atoms with Crippen LogP contribution in [0, 0.1) is 17.6 Å². The van der Waals surface area contributed by atoms with Gasteiger partial charge in [-0.15, -0.1) is 12.4 Å². The molecule has 0 radical (unpaired) electrons. The van der Waals surface area contributed by atoms with Gasteiger partial charge in [0.2, 0.25) is 5.43 Å². The number of nitrogen functional groups attached to an aromatic ring is 1. The Bertz CT molecular complexity index is 1090. The molecule has 3 heterocycles. The van der Waals surface area contributed by atoms with Gasteiger partial charge in [-0.25, -0.2) is 13.6 Å². The van der Waals surface area contributed by atoms with E-state index in [9.17, 15) is 14.7 Å². The van der Waals surface area contributed by atoms with Gasteiger partial charge >= 0.3 is 5.97 Å². The van der Waals surface area contributed by atoms with Crippen molar-refractivity contribution in [2.45, 2.75) is 37.8 Å². The van der Waals surface area contributed by atoms with Gasteiger partial charge in [-0.05, 0) is 38.1 Å². The molecule has 4 N–H and O–H groups in total. The van der Waals surface area contributed by atoms with Crippen LogP contribution in [-0.4, -0.2) is 41.3 Å². The van der Waals surface area contributed by atoms with Crippen molar-refractivity contribution in [1.82, 2.24) is 9.88 Å². The zero-order chi connectivity index (χ0) is 20.4. The van der Waals surface area contributed by atoms with E-state index in [0.29, 0.717) is 19.0 Å². The van der Waals surface area contributed by atoms with Crippen molar-refractivity contribution in [1.29, 1.82) is 0 Å². The highest BCUT2D eigenvalue weighted by Crippen LogP contribution is 2.42. The molecule has 1 saturated carbocycles. The summed E-state index contributed by atoms with van der Waals surface area (Å²) in [5.41, 5.74) is 3.69. The van der Waals surface area contributed by atoms with Crippen molar-refractivity contribution in [3.8, 4) is 0 Å². The molecule has 1 aromatic heterocycles. The SMILES string of the molecule is Cl.Nc1c(F)c(N2CC3CCCNC3C2)c(F)c2c1c(=O)c(C(=O)O)cn2C1CC1. The highest BCUT2D eigenvalue weighted by molar-refractivity contribution is 5.99. The van der Waals surface area contributed by atoms with E-state index < -0.39 is 34.3 Å². The molecule has 0 amide bonds. The fourth-order valence-corrected chi connectivity index (χ4v) is 4.85. The van der Waals surface area contributed by atoms with Crippen LogP contribution < -0.4 is 21.4 Å². The topological polar surface area (TPSA) is 101 Å². The van der Waals surface area contributed by atoms with Gasteiger partial charge in [0.25, 0.3) is 0 Å². The van der Waals surface area contributed by atoms with E-state index in [-0.39, 0.29) is 41.1 Å². The molecule has 2 saturated heterocycles. The second kappa shape index (κ2) is 7.39. The standard InChI is InChI=1S/C20H22F2N4O3.ClH/c21-14-16(23)13-17(26(10-3-4-10)7-11(19(13)27)20(28)29)15(22)18(14)25-6-9-2-1-5-24-12(9)8-25;/h7,9-10,12,24H,1-6,8,23H2,(H,28,29);1H. The fourth-order valence-electron chi connectivity index (χ4n) is 4.85. The van der Waals surface area contributed by atoms with Crippen LogP contribution in [0.4, 0.5) is 20.2 Å². The molecule has 2 aliphatic heterocycles. The molecule has 1 aliphatic carbocycles. The molecule has 2 aromatic rings. The molecular weight excluding hydrogens is 418 g/mol. The number of aromatic carboxylic acids is 1. The highest BCUT2D eigenvalue weighted by Gasteiger charge is 2.39. The number of anilines is 2. The van der Waals surface area contributed by atoms with Crippen LogP contribution in [-0.2, 0) is 0 Å². The van der Waals surface area contributed by atoms with Crippen LogP contribution in [0.15, 0.2) is 11.0 Å². The van der Waals surface area contributed by atoms with Crippen LogP contribution in [0.3, 0.4) is 0 Å². The Labute approximate surface area is 177 Å². The minimum absolute atomic E-state index is 0. The van der Waals surface area contributed by atoms with Gasteiger partial charge in [-0.3, -0.25) is 4.79 Å². The first kappa shape index (κ1) is 20.9. The number of hydrogen-bond donors (Lipinski definition) is 3. The third-order valence-corrected chi connectivity index (χ3v) is 6.45. The number of hydrogen-bond acceptors (Lipinski definition) is 5. The Morgan fingerprint density at radius 3 is 2.57 bits per heavy atom. The Kier molecular flexibility index (Phi) is 5.14. The van der Waals surface area contributed by atoms with E-state index in [1.165, 1.54) is 10.8 Å². The molecule has 10 heteroatoms. The number of carboxylic acids is 1. The van der Waals surface area contributed by atoms with E-state index in [0.717, 1.165) is 32.2 Å². The number of halogens is 3. The molecule has 162 valence electrons. The van der Waals surface area contributed by atoms with E-state index in [4.69, 9.17) is 5.73 Å². The van der Waals surface area contributed by atoms with Crippen LogP contribution in [0.2, 0.25) is 0 Å². The summed E-state index contributed by atoms with van der Waals surface area (Å²) in [4.78, 5) is 25.9. The number of carboxylic acid groups (broad SMARTS) is 1. The normalized spacial score (nSPS) is 23.3. The van der Waals surface area contributed by atoms with Crippen LogP contribution in [0.1, 0.15) is 42.1 Å². The van der Waals surface area contributed by atoms with Gasteiger partial charge in [0.15, 0.2) is 11.6 Å². The van der Waals surface area contributed by atoms with E-state index in [2.05, 4.69) is 5.32 Å². The Balaban J connectivity index is 0.00000218. The number of nitrogens with zero attached hydrogens (tertiary/aromatic N) is 2. The molecule has 2 unspecified atom stereocenters. The van der Waals surface area contributed by atoms with E-state index in [1.54, 1.807) is 4.90 Å². The number of fused-ring (bicyclic) bond motifs is 2. The van der Waals surface area contributed by atoms with Crippen molar-refractivity contribution in [3.63, 3.8) is 0 Å². The van der Waals surface area contributed by atoms with Crippen molar-refractivity contribution in [2.24, 2.45) is 5.92 Å². The smallest absolute Gasteiger partial charge is 0.341 e. The van der Waals surface area contributed by atoms with Gasteiger partial charge in [-0.1, -0.05) is 0 Å². The number of nitrogens with two attached hydrogens (primary N) is 1. The summed E-state index contributed by atoms with van der Waals surface area (Å²) in [5.74, 6) is -2.97. The van der Waals surface area contributed by atoms with Gasteiger partial charge in [0.1, 0.15) is 11.3 Å². The van der Waals surface area contributed by atoms with Crippen LogP contribution >= 0.6 is 12.4 Å². The highest BCUT2D eigenvalue weighted by atomic mass is 35.5. The molecule has 3 fully saturated rings. The Morgan fingerprint density at radius 1 is 1.20 bits per heavy atom. The number of aromatic nitrogens is 1. The van der Waals surface area contributed by atoms with Gasteiger partial charge in [0, 0.05) is 31.4 Å². The average Bonchev–Trinajstić information content (AvgIpc) is 3.44. The quantitative estimate of drug-likeness (QED) is 0.634. The number of nitrogens with one attached hydrogen (secondary N) is 1. The molecule has 3 aliphatic rings. The maximum atomic E-state index is 15.7. The lowest BCUT2D eigenvalue weighted by molar-refractivity contribution is 0.0695. The summed E-state index contributed by atoms with van der Waals surface area (Å²) in [7, 11) is 0. The van der Waals surface area contributed by atoms with E-state index >= 15 is 8.78 Å². The number of carbonyl (C=O) groups is 1. The minimum atomic E-state index is -1.44. The zero-order valence-corrected chi connectivity index (χ0v) is 17.0. The van der Waals surface area contributed by atoms with Gasteiger partial charge < -0.3 is 25.6 Å². The lowest BCUT2D eigenvalue weighted by Gasteiger charge is -2.24. The summed E-state index contributed by atoms with van der Waals surface area (Å²) in [6, 6.07) is 0.0470. The monoisotopic (exact) mass is 440 g/mol. The molecule has 7 nitrogen and oxygen atoms in total. The first-order valence-corrected chi connectivity index (χ1v) is 9.95. The number of rotatable bonds is 3. The first-order chi connectivity index (χ1) is 13.9. The van der Waals surface area contributed by atoms with Crippen molar-refractivity contribution in [3.05, 3.63) is 33.6 Å². The first-order valence-electron chi connectivity index (χ1n) is 9.95. The molecule has 2 atom stereocenters. The maximum Gasteiger partial charge on any atom is 0.341 e. The summed E-state index contributed by atoms with van der Waals surface area (Å²) in [5, 5.41) is 12.4. The largest absolute Gasteiger partial charge is 0.477 e. The third-order valence-electron chi connectivity index (χ3n) is 6.45. The molecule has 30 heavy (non-hydrogen) atoms. The fraction of sp³-hybridized carbons (Fsp3) is 0.500. The lowest BCUT2D eigenvalue weighted by atomic mass is 9.94. The second-order valence-corrected chi connectivity index (χ2v) is 8.30. The third kappa shape index (κ3) is 3.02. The summed E-state index contributed by atoms with van der Waals surface area (Å²) in [6.45, 7) is 1.86. The summed E-state index contributed by atoms with van der Waals surface area (Å²) in [6.07, 6.45) is 4.66. The Morgan fingerprint density at radius 2 is 1.93 bits per heavy atom. The number of pyridine rings is 1. The molecule has 5 rings (SSSR count). The average molecular weight is 441 g/mol. The molecule has 0 bridgehead atoms. The molecule has 0 spiro atoms. The Hall–Kier alpha value is -2.39. The van der Waals surface area contributed by atoms with Crippen molar-refractivity contribution in [2.75, 3.05) is 30.3 Å². The van der Waals surface area contributed by atoms with Crippen molar-refractivity contribution >= 4 is 40.7 Å². The van der Waals surface area contributed by atoms with Crippen LogP contribution in [0.25, 0.3) is 10.9 Å². The molecule has 1 aromatic carbocycles. The molecular formula is C20H23ClF2N4O3. The maximum absolute atomic E-state index is 15.7. The number of piperidine rings is 1. The van der Waals surface area contributed by atoms with Gasteiger partial charge in [-0.2, -0.15) is 0 Å². The van der Waals surface area contributed by atoms with Crippen molar-refractivity contribution < 1.29 is 18.7 Å². The number of benzene rings is 1. The summed E-state index contributed by atoms with van der Waals surface area (Å²) < 4.78 is 32.5. The lowest BCUT2D eigenvalue weighted by Crippen LogP contribution is -2.40.